The summed E-state index contributed by atoms with van der Waals surface area (Å²) in [7, 11) is 0. The predicted octanol–water partition coefficient (Wildman–Crippen LogP) is 4.77. The van der Waals surface area contributed by atoms with Crippen LogP contribution in [0.4, 0.5) is 4.39 Å². The lowest BCUT2D eigenvalue weighted by Gasteiger charge is -2.09. The summed E-state index contributed by atoms with van der Waals surface area (Å²) in [6, 6.07) is 11.0. The minimum Gasteiger partial charge on any atom is -0.479 e. The quantitative estimate of drug-likeness (QED) is 0.569. The lowest BCUT2D eigenvalue weighted by molar-refractivity contribution is -0.139. The van der Waals surface area contributed by atoms with E-state index in [9.17, 15) is 14.4 Å². The molecule has 2 aromatic carbocycles. The molecule has 122 valence electrons. The number of carboxylic acids is 1. The molecule has 0 amide bonds. The Hall–Kier alpha value is -2.36. The van der Waals surface area contributed by atoms with Crippen LogP contribution in [0.1, 0.15) is 11.1 Å². The maximum atomic E-state index is 13.8. The number of ether oxygens (including phenoxy) is 1. The molecule has 2 rings (SSSR count). The molecule has 0 saturated carbocycles. The number of rotatable bonds is 5. The first-order chi connectivity index (χ1) is 11.4. The number of hydrogen-bond acceptors (Lipinski definition) is 3. The zero-order valence-corrected chi connectivity index (χ0v) is 14.4. The molecular weight excluding hydrogens is 401 g/mol. The van der Waals surface area contributed by atoms with Gasteiger partial charge >= 0.3 is 5.97 Å². The van der Waals surface area contributed by atoms with E-state index in [1.165, 1.54) is 30.3 Å². The lowest BCUT2D eigenvalue weighted by Crippen LogP contribution is -2.10. The third-order valence-electron chi connectivity index (χ3n) is 2.96. The Bertz CT molecular complexity index is 838. The van der Waals surface area contributed by atoms with Crippen LogP contribution >= 0.6 is 27.5 Å². The van der Waals surface area contributed by atoms with Gasteiger partial charge in [-0.05, 0) is 45.8 Å². The summed E-state index contributed by atoms with van der Waals surface area (Å²) in [5, 5.41) is 18.1. The fraction of sp³-hybridized carbons (Fsp3) is 0.0588. The van der Waals surface area contributed by atoms with E-state index < -0.39 is 18.4 Å². The Balaban J connectivity index is 2.40. The van der Waals surface area contributed by atoms with Crippen LogP contribution in [0.5, 0.6) is 5.75 Å². The average molecular weight is 411 g/mol. The van der Waals surface area contributed by atoms with Gasteiger partial charge in [-0.2, -0.15) is 5.26 Å². The number of halogens is 3. The lowest BCUT2D eigenvalue weighted by atomic mass is 10.0. The van der Waals surface area contributed by atoms with Gasteiger partial charge < -0.3 is 9.84 Å². The van der Waals surface area contributed by atoms with Crippen LogP contribution < -0.4 is 4.74 Å². The average Bonchev–Trinajstić information content (AvgIpc) is 2.52. The van der Waals surface area contributed by atoms with Gasteiger partial charge in [-0.15, -0.1) is 0 Å². The maximum absolute atomic E-state index is 13.8. The van der Waals surface area contributed by atoms with Crippen molar-refractivity contribution in [3.8, 4) is 11.8 Å². The first kappa shape index (κ1) is 18.0. The summed E-state index contributed by atoms with van der Waals surface area (Å²) < 4.78 is 19.3. The topological polar surface area (TPSA) is 70.3 Å². The highest BCUT2D eigenvalue weighted by atomic mass is 79.9. The van der Waals surface area contributed by atoms with Crippen LogP contribution in [0.15, 0.2) is 40.9 Å². The first-order valence-corrected chi connectivity index (χ1v) is 7.80. The molecule has 2 aromatic rings. The van der Waals surface area contributed by atoms with Crippen LogP contribution in [0.2, 0.25) is 5.02 Å². The second-order valence-electron chi connectivity index (χ2n) is 4.65. The summed E-state index contributed by atoms with van der Waals surface area (Å²) in [6.07, 6.45) is 1.48. The van der Waals surface area contributed by atoms with Crippen LogP contribution in [-0.4, -0.2) is 17.7 Å². The molecular formula is C17H10BrClFNO3. The number of allylic oxidation sites excluding steroid dienone is 1. The van der Waals surface area contributed by atoms with Crippen LogP contribution in [0.25, 0.3) is 11.6 Å². The minimum atomic E-state index is -1.13. The molecule has 0 aliphatic carbocycles. The standard InChI is InChI=1S/C17H10BrClFNO3/c18-13-6-10(7-14(19)17(13)24-9-16(22)23)5-11(8-21)12-3-1-2-4-15(12)20/h1-7H,9H2,(H,22,23). The molecule has 0 saturated heterocycles. The van der Waals surface area contributed by atoms with E-state index in [4.69, 9.17) is 21.4 Å². The van der Waals surface area contributed by atoms with Crippen molar-refractivity contribution in [2.75, 3.05) is 6.61 Å². The van der Waals surface area contributed by atoms with E-state index in [-0.39, 0.29) is 21.9 Å². The van der Waals surface area contributed by atoms with E-state index in [0.29, 0.717) is 10.0 Å². The normalized spacial score (nSPS) is 11.0. The van der Waals surface area contributed by atoms with Crippen LogP contribution in [0.3, 0.4) is 0 Å². The summed E-state index contributed by atoms with van der Waals surface area (Å²) in [5.41, 5.74) is 0.850. The number of nitrogens with zero attached hydrogens (tertiary/aromatic N) is 1. The van der Waals surface area contributed by atoms with Crippen LogP contribution in [-0.2, 0) is 4.79 Å². The van der Waals surface area contributed by atoms with Gasteiger partial charge in [0.2, 0.25) is 0 Å². The molecule has 0 aliphatic heterocycles. The van der Waals surface area contributed by atoms with Gasteiger partial charge in [0, 0.05) is 5.56 Å². The third kappa shape index (κ3) is 4.34. The van der Waals surface area contributed by atoms with Gasteiger partial charge in [0.25, 0.3) is 0 Å². The fourth-order valence-corrected chi connectivity index (χ4v) is 2.94. The van der Waals surface area contributed by atoms with E-state index in [1.807, 2.05) is 6.07 Å². The second kappa shape index (κ2) is 7.95. The number of benzene rings is 2. The minimum absolute atomic E-state index is 0.135. The van der Waals surface area contributed by atoms with Crippen molar-refractivity contribution in [1.82, 2.24) is 0 Å². The Labute approximate surface area is 150 Å². The largest absolute Gasteiger partial charge is 0.479 e. The van der Waals surface area contributed by atoms with Gasteiger partial charge in [-0.3, -0.25) is 0 Å². The van der Waals surface area contributed by atoms with Crippen molar-refractivity contribution in [3.63, 3.8) is 0 Å². The molecule has 0 aromatic heterocycles. The number of carbonyl (C=O) groups is 1. The van der Waals surface area contributed by atoms with E-state index >= 15 is 0 Å². The van der Waals surface area contributed by atoms with Gasteiger partial charge in [0.15, 0.2) is 12.4 Å². The highest BCUT2D eigenvalue weighted by Crippen LogP contribution is 2.35. The van der Waals surface area contributed by atoms with Crippen molar-refractivity contribution in [2.24, 2.45) is 0 Å². The van der Waals surface area contributed by atoms with E-state index in [2.05, 4.69) is 15.9 Å². The van der Waals surface area contributed by atoms with Gasteiger partial charge in [-0.25, -0.2) is 9.18 Å². The van der Waals surface area contributed by atoms with E-state index in [0.717, 1.165) is 0 Å². The third-order valence-corrected chi connectivity index (χ3v) is 3.83. The molecule has 0 radical (unpaired) electrons. The first-order valence-electron chi connectivity index (χ1n) is 6.62. The summed E-state index contributed by atoms with van der Waals surface area (Å²) in [5.74, 6) is -1.45. The smallest absolute Gasteiger partial charge is 0.341 e. The molecule has 0 spiro atoms. The summed E-state index contributed by atoms with van der Waals surface area (Å²) >= 11 is 9.33. The Morgan fingerprint density at radius 1 is 1.42 bits per heavy atom. The highest BCUT2D eigenvalue weighted by molar-refractivity contribution is 9.10. The fourth-order valence-electron chi connectivity index (χ4n) is 1.95. The molecule has 0 heterocycles. The molecule has 0 fully saturated rings. The number of nitriles is 1. The summed E-state index contributed by atoms with van der Waals surface area (Å²) in [4.78, 5) is 10.6. The number of hydrogen-bond donors (Lipinski definition) is 1. The van der Waals surface area contributed by atoms with Gasteiger partial charge in [0.05, 0.1) is 21.1 Å². The molecule has 0 atom stereocenters. The van der Waals surface area contributed by atoms with Crippen molar-refractivity contribution >= 4 is 45.1 Å². The Morgan fingerprint density at radius 3 is 2.71 bits per heavy atom. The Kier molecular flexibility index (Phi) is 5.96. The predicted molar refractivity (Wildman–Crippen MR) is 92.2 cm³/mol. The van der Waals surface area contributed by atoms with Gasteiger partial charge in [0.1, 0.15) is 5.82 Å². The van der Waals surface area contributed by atoms with Gasteiger partial charge in [-0.1, -0.05) is 29.8 Å². The van der Waals surface area contributed by atoms with E-state index in [1.54, 1.807) is 12.1 Å². The van der Waals surface area contributed by atoms with Crippen molar-refractivity contribution in [2.45, 2.75) is 0 Å². The van der Waals surface area contributed by atoms with Crippen LogP contribution in [0, 0.1) is 17.1 Å². The summed E-state index contributed by atoms with van der Waals surface area (Å²) in [6.45, 7) is -0.536. The molecule has 0 unspecified atom stereocenters. The monoisotopic (exact) mass is 409 g/mol. The number of aliphatic carboxylic acids is 1. The number of carboxylic acid groups (broad SMARTS) is 1. The Morgan fingerprint density at radius 2 is 2.12 bits per heavy atom. The molecule has 0 aliphatic rings. The molecule has 7 heteroatoms. The maximum Gasteiger partial charge on any atom is 0.341 e. The zero-order chi connectivity index (χ0) is 17.7. The molecule has 0 bridgehead atoms. The van der Waals surface area contributed by atoms with Crippen molar-refractivity contribution in [1.29, 1.82) is 5.26 Å². The SMILES string of the molecule is N#CC(=Cc1cc(Cl)c(OCC(=O)O)c(Br)c1)c1ccccc1F. The molecule has 1 N–H and O–H groups in total. The molecule has 24 heavy (non-hydrogen) atoms. The zero-order valence-electron chi connectivity index (χ0n) is 12.1. The second-order valence-corrected chi connectivity index (χ2v) is 5.91. The highest BCUT2D eigenvalue weighted by Gasteiger charge is 2.12. The van der Waals surface area contributed by atoms with Crippen molar-refractivity contribution in [3.05, 3.63) is 62.8 Å². The molecule has 4 nitrogen and oxygen atoms in total. The van der Waals surface area contributed by atoms with Crippen molar-refractivity contribution < 1.29 is 19.0 Å².